The highest BCUT2D eigenvalue weighted by atomic mass is 32.2. The molecular weight excluding hydrogens is 276 g/mol. The molecule has 2 heterocycles. The molecule has 2 rings (SSSR count). The fourth-order valence-corrected chi connectivity index (χ4v) is 4.87. The van der Waals surface area contributed by atoms with Crippen LogP contribution in [0.1, 0.15) is 10.6 Å². The summed E-state index contributed by atoms with van der Waals surface area (Å²) in [4.78, 5) is 5.16. The highest BCUT2D eigenvalue weighted by Crippen LogP contribution is 2.28. The normalized spacial score (nSPS) is 11.7. The highest BCUT2D eigenvalue weighted by Gasteiger charge is 2.24. The summed E-state index contributed by atoms with van der Waals surface area (Å²) in [6.07, 6.45) is 0. The fourth-order valence-electron chi connectivity index (χ4n) is 1.27. The van der Waals surface area contributed by atoms with E-state index >= 15 is 0 Å². The average Bonchev–Trinajstić information content (AvgIpc) is 2.86. The zero-order valence-electron chi connectivity index (χ0n) is 9.67. The first kappa shape index (κ1) is 12.5. The molecule has 0 N–H and O–H groups in total. The van der Waals surface area contributed by atoms with E-state index in [4.69, 9.17) is 0 Å². The molecule has 0 unspecified atom stereocenters. The van der Waals surface area contributed by atoms with Crippen molar-refractivity contribution >= 4 is 37.8 Å². The molecule has 0 bridgehead atoms. The number of sulfonamides is 1. The summed E-state index contributed by atoms with van der Waals surface area (Å²) in [5.41, 5.74) is 0.828. The molecule has 2 aromatic heterocycles. The number of rotatable bonds is 3. The summed E-state index contributed by atoms with van der Waals surface area (Å²) in [7, 11) is -1.93. The molecule has 0 aliphatic carbocycles. The molecule has 7 heteroatoms. The van der Waals surface area contributed by atoms with E-state index in [9.17, 15) is 8.42 Å². The van der Waals surface area contributed by atoms with E-state index in [0.29, 0.717) is 9.34 Å². The Morgan fingerprint density at radius 3 is 2.47 bits per heavy atom. The van der Waals surface area contributed by atoms with Crippen LogP contribution < -0.4 is 4.31 Å². The summed E-state index contributed by atoms with van der Waals surface area (Å²) in [6.45, 7) is 3.73. The predicted molar refractivity (Wildman–Crippen MR) is 71.5 cm³/mol. The summed E-state index contributed by atoms with van der Waals surface area (Å²) < 4.78 is 26.1. The molecule has 17 heavy (non-hydrogen) atoms. The minimum Gasteiger partial charge on any atom is -0.244 e. The van der Waals surface area contributed by atoms with Gasteiger partial charge in [-0.25, -0.2) is 17.7 Å². The van der Waals surface area contributed by atoms with Gasteiger partial charge in [0.05, 0.1) is 5.69 Å². The minimum absolute atomic E-state index is 0.352. The molecule has 2 aromatic rings. The van der Waals surface area contributed by atoms with Crippen LogP contribution in [0.3, 0.4) is 0 Å². The van der Waals surface area contributed by atoms with Gasteiger partial charge in [-0.05, 0) is 26.0 Å². The average molecular weight is 288 g/mol. The topological polar surface area (TPSA) is 50.3 Å². The first-order valence-corrected chi connectivity index (χ1v) is 8.02. The van der Waals surface area contributed by atoms with Gasteiger partial charge in [0.1, 0.15) is 4.21 Å². The number of aromatic nitrogens is 1. The van der Waals surface area contributed by atoms with E-state index < -0.39 is 10.0 Å². The van der Waals surface area contributed by atoms with Crippen LogP contribution >= 0.6 is 22.7 Å². The van der Waals surface area contributed by atoms with Crippen molar-refractivity contribution in [3.05, 3.63) is 28.1 Å². The van der Waals surface area contributed by atoms with Crippen LogP contribution in [0, 0.1) is 13.8 Å². The number of thiazole rings is 1. The van der Waals surface area contributed by atoms with Crippen molar-refractivity contribution in [1.29, 1.82) is 0 Å². The number of hydrogen-bond donors (Lipinski definition) is 0. The molecule has 4 nitrogen and oxygen atoms in total. The Bertz CT molecular complexity index is 628. The van der Waals surface area contributed by atoms with Crippen LogP contribution in [0.4, 0.5) is 5.13 Å². The second-order valence-electron chi connectivity index (χ2n) is 3.61. The van der Waals surface area contributed by atoms with E-state index in [1.807, 2.05) is 19.2 Å². The minimum atomic E-state index is -3.46. The molecule has 0 spiro atoms. The molecule has 0 fully saturated rings. The van der Waals surface area contributed by atoms with Gasteiger partial charge in [-0.3, -0.25) is 0 Å². The first-order chi connectivity index (χ1) is 7.91. The van der Waals surface area contributed by atoms with Crippen molar-refractivity contribution in [2.75, 3.05) is 11.4 Å². The monoisotopic (exact) mass is 288 g/mol. The first-order valence-electron chi connectivity index (χ1n) is 4.89. The number of anilines is 1. The summed E-state index contributed by atoms with van der Waals surface area (Å²) in [5.74, 6) is 0. The third-order valence-corrected chi connectivity index (χ3v) is 6.57. The molecule has 92 valence electrons. The van der Waals surface area contributed by atoms with Gasteiger partial charge < -0.3 is 0 Å². The second kappa shape index (κ2) is 4.40. The van der Waals surface area contributed by atoms with Crippen molar-refractivity contribution in [2.24, 2.45) is 0 Å². The quantitative estimate of drug-likeness (QED) is 0.872. The molecular formula is C10H12N2O2S3. The van der Waals surface area contributed by atoms with Crippen LogP contribution in [0.2, 0.25) is 0 Å². The van der Waals surface area contributed by atoms with Crippen molar-refractivity contribution in [3.8, 4) is 0 Å². The summed E-state index contributed by atoms with van der Waals surface area (Å²) >= 11 is 2.60. The lowest BCUT2D eigenvalue weighted by molar-refractivity contribution is 0.596. The van der Waals surface area contributed by atoms with Crippen LogP contribution in [0.5, 0.6) is 0 Å². The number of aryl methyl sites for hydroxylation is 2. The van der Waals surface area contributed by atoms with E-state index in [0.717, 1.165) is 10.6 Å². The van der Waals surface area contributed by atoms with Crippen molar-refractivity contribution < 1.29 is 8.42 Å². The van der Waals surface area contributed by atoms with Gasteiger partial charge in [-0.2, -0.15) is 0 Å². The molecule has 0 amide bonds. The van der Waals surface area contributed by atoms with Gasteiger partial charge in [-0.15, -0.1) is 22.7 Å². The molecule has 0 aromatic carbocycles. The molecule has 0 saturated carbocycles. The number of thiophene rings is 1. The molecule has 0 aliphatic rings. The number of nitrogens with zero attached hydrogens (tertiary/aromatic N) is 2. The highest BCUT2D eigenvalue weighted by molar-refractivity contribution is 7.95. The second-order valence-corrected chi connectivity index (χ2v) is 7.93. The Balaban J connectivity index is 2.39. The van der Waals surface area contributed by atoms with Crippen molar-refractivity contribution in [1.82, 2.24) is 4.98 Å². The Morgan fingerprint density at radius 2 is 2.00 bits per heavy atom. The molecule has 0 radical (unpaired) electrons. The lowest BCUT2D eigenvalue weighted by Crippen LogP contribution is -2.25. The largest absolute Gasteiger partial charge is 0.275 e. The summed E-state index contributed by atoms with van der Waals surface area (Å²) in [5, 5.41) is 2.33. The molecule has 0 aliphatic heterocycles. The predicted octanol–water partition coefficient (Wildman–Crippen LogP) is 2.65. The van der Waals surface area contributed by atoms with Gasteiger partial charge in [0.25, 0.3) is 10.0 Å². The van der Waals surface area contributed by atoms with E-state index in [1.54, 1.807) is 12.1 Å². The Morgan fingerprint density at radius 1 is 1.29 bits per heavy atom. The maximum absolute atomic E-state index is 12.3. The maximum atomic E-state index is 12.3. The van der Waals surface area contributed by atoms with Crippen LogP contribution in [-0.2, 0) is 10.0 Å². The summed E-state index contributed by atoms with van der Waals surface area (Å²) in [6, 6.07) is 3.44. The van der Waals surface area contributed by atoms with Crippen molar-refractivity contribution in [3.63, 3.8) is 0 Å². The Hall–Kier alpha value is -0.920. The third-order valence-electron chi connectivity index (χ3n) is 2.21. The van der Waals surface area contributed by atoms with Gasteiger partial charge in [0, 0.05) is 17.3 Å². The van der Waals surface area contributed by atoms with E-state index in [2.05, 4.69) is 4.98 Å². The SMILES string of the molecule is Cc1csc(N(C)S(=O)(=O)c2ccc(C)s2)n1. The zero-order valence-corrected chi connectivity index (χ0v) is 12.1. The molecule has 0 atom stereocenters. The lowest BCUT2D eigenvalue weighted by Gasteiger charge is -2.14. The Kier molecular flexibility index (Phi) is 3.24. The van der Waals surface area contributed by atoms with E-state index in [-0.39, 0.29) is 0 Å². The third kappa shape index (κ3) is 2.36. The molecule has 0 saturated heterocycles. The Labute approximate surface area is 109 Å². The number of hydrogen-bond acceptors (Lipinski definition) is 5. The van der Waals surface area contributed by atoms with E-state index in [1.165, 1.54) is 34.0 Å². The smallest absolute Gasteiger partial charge is 0.244 e. The van der Waals surface area contributed by atoms with Crippen molar-refractivity contribution in [2.45, 2.75) is 18.1 Å². The van der Waals surface area contributed by atoms with Crippen LogP contribution in [0.25, 0.3) is 0 Å². The lowest BCUT2D eigenvalue weighted by atomic mass is 10.5. The van der Waals surface area contributed by atoms with Crippen LogP contribution in [-0.4, -0.2) is 20.4 Å². The van der Waals surface area contributed by atoms with Gasteiger partial charge in [0.2, 0.25) is 0 Å². The van der Waals surface area contributed by atoms with Crippen LogP contribution in [0.15, 0.2) is 21.7 Å². The maximum Gasteiger partial charge on any atom is 0.275 e. The zero-order chi connectivity index (χ0) is 12.6. The van der Waals surface area contributed by atoms with Gasteiger partial charge in [-0.1, -0.05) is 0 Å². The van der Waals surface area contributed by atoms with Gasteiger partial charge in [0.15, 0.2) is 5.13 Å². The standard InChI is InChI=1S/C10H12N2O2S3/c1-7-6-15-10(11-7)12(3)17(13,14)9-5-4-8(2)16-9/h4-6H,1-3H3. The van der Waals surface area contributed by atoms with Gasteiger partial charge >= 0.3 is 0 Å². The fraction of sp³-hybridized carbons (Fsp3) is 0.300.